The summed E-state index contributed by atoms with van der Waals surface area (Å²) in [6.07, 6.45) is 1.49. The van der Waals surface area contributed by atoms with Gasteiger partial charge in [-0.15, -0.1) is 11.8 Å². The average Bonchev–Trinajstić information content (AvgIpc) is 2.20. The Hall–Kier alpha value is -1.23. The van der Waals surface area contributed by atoms with Crippen molar-refractivity contribution in [3.63, 3.8) is 0 Å². The van der Waals surface area contributed by atoms with Crippen LogP contribution in [0, 0.1) is 5.92 Å². The van der Waals surface area contributed by atoms with Crippen molar-refractivity contribution in [2.45, 2.75) is 31.0 Å². The number of nitrogens with zero attached hydrogens (tertiary/aromatic N) is 1. The smallest absolute Gasteiger partial charge is 0.338 e. The SMILES string of the molecule is CC(C)C(C)Sc1ncc(N)cc1C(=O)O. The van der Waals surface area contributed by atoms with Gasteiger partial charge in [-0.25, -0.2) is 9.78 Å². The molecule has 4 nitrogen and oxygen atoms in total. The zero-order valence-corrected chi connectivity index (χ0v) is 10.4. The number of hydrogen-bond donors (Lipinski definition) is 2. The quantitative estimate of drug-likeness (QED) is 0.791. The molecule has 1 aromatic rings. The summed E-state index contributed by atoms with van der Waals surface area (Å²) in [5, 5.41) is 9.88. The fraction of sp³-hybridized carbons (Fsp3) is 0.455. The first kappa shape index (κ1) is 12.8. The Labute approximate surface area is 99.3 Å². The summed E-state index contributed by atoms with van der Waals surface area (Å²) >= 11 is 1.47. The highest BCUT2D eigenvalue weighted by Crippen LogP contribution is 2.29. The van der Waals surface area contributed by atoms with Crippen LogP contribution < -0.4 is 5.73 Å². The average molecular weight is 240 g/mol. The summed E-state index contributed by atoms with van der Waals surface area (Å²) in [4.78, 5) is 15.1. The van der Waals surface area contributed by atoms with Crippen LogP contribution in [0.25, 0.3) is 0 Å². The molecular weight excluding hydrogens is 224 g/mol. The second-order valence-corrected chi connectivity index (χ2v) is 5.36. The molecular formula is C11H16N2O2S. The highest BCUT2D eigenvalue weighted by atomic mass is 32.2. The summed E-state index contributed by atoms with van der Waals surface area (Å²) in [6, 6.07) is 1.45. The van der Waals surface area contributed by atoms with Crippen molar-refractivity contribution in [1.29, 1.82) is 0 Å². The number of nitrogen functional groups attached to an aromatic ring is 1. The molecule has 88 valence electrons. The summed E-state index contributed by atoms with van der Waals surface area (Å²) in [6.45, 7) is 6.24. The van der Waals surface area contributed by atoms with Crippen LogP contribution in [-0.4, -0.2) is 21.3 Å². The number of carbonyl (C=O) groups is 1. The van der Waals surface area contributed by atoms with Crippen LogP contribution >= 0.6 is 11.8 Å². The molecule has 0 aromatic carbocycles. The van der Waals surface area contributed by atoms with E-state index in [2.05, 4.69) is 25.8 Å². The Morgan fingerprint density at radius 3 is 2.62 bits per heavy atom. The maximum Gasteiger partial charge on any atom is 0.338 e. The Kier molecular flexibility index (Phi) is 4.18. The predicted molar refractivity (Wildman–Crippen MR) is 65.8 cm³/mol. The van der Waals surface area contributed by atoms with Crippen LogP contribution in [-0.2, 0) is 0 Å². The number of aromatic nitrogens is 1. The van der Waals surface area contributed by atoms with Gasteiger partial charge in [0.1, 0.15) is 5.03 Å². The number of carboxylic acid groups (broad SMARTS) is 1. The lowest BCUT2D eigenvalue weighted by Crippen LogP contribution is -2.09. The third-order valence-electron chi connectivity index (χ3n) is 2.34. The second kappa shape index (κ2) is 5.21. The normalized spacial score (nSPS) is 12.8. The van der Waals surface area contributed by atoms with Gasteiger partial charge in [0.2, 0.25) is 0 Å². The molecule has 0 spiro atoms. The van der Waals surface area contributed by atoms with Crippen molar-refractivity contribution < 1.29 is 9.90 Å². The minimum absolute atomic E-state index is 0.178. The van der Waals surface area contributed by atoms with Crippen molar-refractivity contribution >= 4 is 23.4 Å². The van der Waals surface area contributed by atoms with Gasteiger partial charge in [0.05, 0.1) is 17.4 Å². The van der Waals surface area contributed by atoms with Gasteiger partial charge in [0.25, 0.3) is 0 Å². The van der Waals surface area contributed by atoms with Crippen LogP contribution in [0.5, 0.6) is 0 Å². The first-order chi connectivity index (χ1) is 7.41. The summed E-state index contributed by atoms with van der Waals surface area (Å²) in [5.41, 5.74) is 6.07. The van der Waals surface area contributed by atoms with Crippen LogP contribution in [0.15, 0.2) is 17.3 Å². The van der Waals surface area contributed by atoms with Crippen molar-refractivity contribution in [3.8, 4) is 0 Å². The van der Waals surface area contributed by atoms with Gasteiger partial charge in [-0.1, -0.05) is 20.8 Å². The fourth-order valence-corrected chi connectivity index (χ4v) is 2.04. The molecule has 0 aliphatic rings. The molecule has 1 unspecified atom stereocenters. The molecule has 0 aliphatic heterocycles. The first-order valence-corrected chi connectivity index (χ1v) is 5.95. The van der Waals surface area contributed by atoms with E-state index < -0.39 is 5.97 Å². The van der Waals surface area contributed by atoms with E-state index >= 15 is 0 Å². The van der Waals surface area contributed by atoms with Crippen molar-refractivity contribution in [1.82, 2.24) is 4.98 Å². The number of thioether (sulfide) groups is 1. The minimum atomic E-state index is -0.988. The van der Waals surface area contributed by atoms with E-state index in [1.807, 2.05) is 0 Å². The van der Waals surface area contributed by atoms with Gasteiger partial charge in [-0.3, -0.25) is 0 Å². The monoisotopic (exact) mass is 240 g/mol. The Balaban J connectivity index is 2.99. The lowest BCUT2D eigenvalue weighted by Gasteiger charge is -2.15. The Bertz CT molecular complexity index is 394. The van der Waals surface area contributed by atoms with Gasteiger partial charge in [0.15, 0.2) is 0 Å². The van der Waals surface area contributed by atoms with Crippen molar-refractivity contribution in [3.05, 3.63) is 17.8 Å². The van der Waals surface area contributed by atoms with Crippen LogP contribution in [0.1, 0.15) is 31.1 Å². The van der Waals surface area contributed by atoms with Crippen molar-refractivity contribution in [2.75, 3.05) is 5.73 Å². The summed E-state index contributed by atoms with van der Waals surface area (Å²) < 4.78 is 0. The number of nitrogens with two attached hydrogens (primary N) is 1. The molecule has 3 N–H and O–H groups in total. The van der Waals surface area contributed by atoms with Gasteiger partial charge < -0.3 is 10.8 Å². The van der Waals surface area contributed by atoms with Gasteiger partial charge in [-0.2, -0.15) is 0 Å². The van der Waals surface area contributed by atoms with Gasteiger partial charge >= 0.3 is 5.97 Å². The van der Waals surface area contributed by atoms with E-state index in [1.54, 1.807) is 0 Å². The van der Waals surface area contributed by atoms with Gasteiger partial charge in [-0.05, 0) is 12.0 Å². The molecule has 1 atom stereocenters. The standard InChI is InChI=1S/C11H16N2O2S/c1-6(2)7(3)16-10-9(11(14)15)4-8(12)5-13-10/h4-7H,12H2,1-3H3,(H,14,15). The first-order valence-electron chi connectivity index (χ1n) is 5.07. The van der Waals surface area contributed by atoms with E-state index in [0.717, 1.165) is 0 Å². The summed E-state index contributed by atoms with van der Waals surface area (Å²) in [7, 11) is 0. The number of anilines is 1. The number of rotatable bonds is 4. The van der Waals surface area contributed by atoms with E-state index in [4.69, 9.17) is 10.8 Å². The van der Waals surface area contributed by atoms with Crippen LogP contribution in [0.4, 0.5) is 5.69 Å². The minimum Gasteiger partial charge on any atom is -0.478 e. The maximum atomic E-state index is 11.0. The third kappa shape index (κ3) is 3.13. The zero-order valence-electron chi connectivity index (χ0n) is 9.60. The topological polar surface area (TPSA) is 76.2 Å². The third-order valence-corrected chi connectivity index (χ3v) is 3.80. The molecule has 1 heterocycles. The molecule has 1 rings (SSSR count). The number of aromatic carboxylic acids is 1. The molecule has 0 fully saturated rings. The fourth-order valence-electron chi connectivity index (χ4n) is 1.03. The molecule has 5 heteroatoms. The molecule has 0 radical (unpaired) electrons. The Morgan fingerprint density at radius 2 is 2.12 bits per heavy atom. The number of hydrogen-bond acceptors (Lipinski definition) is 4. The molecule has 1 aromatic heterocycles. The lowest BCUT2D eigenvalue weighted by atomic mass is 10.2. The largest absolute Gasteiger partial charge is 0.478 e. The highest BCUT2D eigenvalue weighted by molar-refractivity contribution is 7.99. The Morgan fingerprint density at radius 1 is 1.50 bits per heavy atom. The van der Waals surface area contributed by atoms with Crippen LogP contribution in [0.3, 0.4) is 0 Å². The van der Waals surface area contributed by atoms with E-state index in [-0.39, 0.29) is 5.56 Å². The molecule has 0 saturated carbocycles. The van der Waals surface area contributed by atoms with Crippen molar-refractivity contribution in [2.24, 2.45) is 5.92 Å². The molecule has 0 saturated heterocycles. The van der Waals surface area contributed by atoms with E-state index in [0.29, 0.717) is 21.9 Å². The molecule has 0 aliphatic carbocycles. The molecule has 16 heavy (non-hydrogen) atoms. The molecule has 0 bridgehead atoms. The van der Waals surface area contributed by atoms with Gasteiger partial charge in [0, 0.05) is 5.25 Å². The zero-order chi connectivity index (χ0) is 12.3. The lowest BCUT2D eigenvalue weighted by molar-refractivity contribution is 0.0692. The predicted octanol–water partition coefficient (Wildman–Crippen LogP) is 2.50. The molecule has 0 amide bonds. The number of carboxylic acids is 1. The van der Waals surface area contributed by atoms with Crippen LogP contribution in [0.2, 0.25) is 0 Å². The van der Waals surface area contributed by atoms with E-state index in [9.17, 15) is 4.79 Å². The highest BCUT2D eigenvalue weighted by Gasteiger charge is 2.17. The number of pyridine rings is 1. The summed E-state index contributed by atoms with van der Waals surface area (Å²) in [5.74, 6) is -0.524. The van der Waals surface area contributed by atoms with E-state index in [1.165, 1.54) is 24.0 Å². The maximum absolute atomic E-state index is 11.0. The second-order valence-electron chi connectivity index (χ2n) is 3.99.